The molecule has 2 aromatic carbocycles. The lowest BCUT2D eigenvalue weighted by Crippen LogP contribution is -2.34. The van der Waals surface area contributed by atoms with Crippen LogP contribution >= 0.6 is 0 Å². The second-order valence-electron chi connectivity index (χ2n) is 6.87. The Bertz CT molecular complexity index is 967. The van der Waals surface area contributed by atoms with E-state index in [2.05, 4.69) is 12.2 Å². The van der Waals surface area contributed by atoms with E-state index in [1.807, 2.05) is 32.0 Å². The van der Waals surface area contributed by atoms with Gasteiger partial charge >= 0.3 is 0 Å². The predicted octanol–water partition coefficient (Wildman–Crippen LogP) is 3.52. The van der Waals surface area contributed by atoms with Crippen molar-refractivity contribution in [3.63, 3.8) is 0 Å². The molecular weight excluding hydrogens is 348 g/mol. The van der Waals surface area contributed by atoms with Crippen LogP contribution in [0.4, 0.5) is 11.4 Å². The highest BCUT2D eigenvalue weighted by atomic mass is 32.2. The highest BCUT2D eigenvalue weighted by Gasteiger charge is 2.32. The van der Waals surface area contributed by atoms with E-state index < -0.39 is 10.0 Å². The molecule has 1 amide bonds. The molecule has 0 spiro atoms. The van der Waals surface area contributed by atoms with Crippen LogP contribution in [-0.4, -0.2) is 26.6 Å². The normalized spacial score (nSPS) is 16.5. The van der Waals surface area contributed by atoms with Gasteiger partial charge in [0, 0.05) is 17.3 Å². The van der Waals surface area contributed by atoms with E-state index in [1.165, 1.54) is 10.6 Å². The topological polar surface area (TPSA) is 66.5 Å². The van der Waals surface area contributed by atoms with Gasteiger partial charge in [0.1, 0.15) is 0 Å². The maximum atomic E-state index is 12.8. The zero-order valence-corrected chi connectivity index (χ0v) is 16.4. The number of hydrogen-bond donors (Lipinski definition) is 1. The number of sulfonamides is 1. The first-order valence-electron chi connectivity index (χ1n) is 8.74. The SMILES string of the molecule is CCc1cccc(C)c1NC(=O)c1ccc2c(c1)C[C@H](C)N2S(C)(=O)=O. The minimum absolute atomic E-state index is 0.138. The average molecular weight is 372 g/mol. The minimum Gasteiger partial charge on any atom is -0.321 e. The van der Waals surface area contributed by atoms with Crippen LogP contribution in [0, 0.1) is 6.92 Å². The van der Waals surface area contributed by atoms with Gasteiger partial charge in [0.15, 0.2) is 0 Å². The quantitative estimate of drug-likeness (QED) is 0.893. The van der Waals surface area contributed by atoms with Crippen molar-refractivity contribution in [2.75, 3.05) is 15.9 Å². The van der Waals surface area contributed by atoms with Crippen molar-refractivity contribution in [2.24, 2.45) is 0 Å². The van der Waals surface area contributed by atoms with Crippen LogP contribution in [0.3, 0.4) is 0 Å². The molecule has 3 rings (SSSR count). The first-order chi connectivity index (χ1) is 12.2. The molecule has 6 heteroatoms. The Kier molecular flexibility index (Phi) is 4.80. The zero-order chi connectivity index (χ0) is 19.1. The molecule has 0 unspecified atom stereocenters. The highest BCUT2D eigenvalue weighted by Crippen LogP contribution is 2.35. The smallest absolute Gasteiger partial charge is 0.255 e. The standard InChI is InChI=1S/C20H24N2O3S/c1-5-15-8-6-7-13(2)19(15)21-20(23)16-9-10-18-17(12-16)11-14(3)22(18)26(4,24)25/h6-10,12,14H,5,11H2,1-4H3,(H,21,23)/t14-/m0/s1. The maximum absolute atomic E-state index is 12.8. The monoisotopic (exact) mass is 372 g/mol. The Labute approximate surface area is 155 Å². The van der Waals surface area contributed by atoms with E-state index >= 15 is 0 Å². The average Bonchev–Trinajstić information content (AvgIpc) is 2.91. The van der Waals surface area contributed by atoms with Gasteiger partial charge in [-0.1, -0.05) is 25.1 Å². The van der Waals surface area contributed by atoms with Crippen molar-refractivity contribution in [2.45, 2.75) is 39.7 Å². The third-order valence-electron chi connectivity index (χ3n) is 4.83. The summed E-state index contributed by atoms with van der Waals surface area (Å²) in [4.78, 5) is 12.8. The van der Waals surface area contributed by atoms with E-state index in [0.29, 0.717) is 17.7 Å². The summed E-state index contributed by atoms with van der Waals surface area (Å²) in [5.41, 5.74) is 5.06. The molecule has 26 heavy (non-hydrogen) atoms. The Morgan fingerprint density at radius 2 is 2.00 bits per heavy atom. The molecule has 5 nitrogen and oxygen atoms in total. The fraction of sp³-hybridized carbons (Fsp3) is 0.350. The van der Waals surface area contributed by atoms with E-state index in [4.69, 9.17) is 0 Å². The number of rotatable bonds is 4. The fourth-order valence-electron chi connectivity index (χ4n) is 3.64. The third kappa shape index (κ3) is 3.33. The predicted molar refractivity (Wildman–Crippen MR) is 105 cm³/mol. The van der Waals surface area contributed by atoms with Gasteiger partial charge in [0.2, 0.25) is 10.0 Å². The maximum Gasteiger partial charge on any atom is 0.255 e. The summed E-state index contributed by atoms with van der Waals surface area (Å²) in [6.45, 7) is 5.91. The van der Waals surface area contributed by atoms with Crippen molar-refractivity contribution >= 4 is 27.3 Å². The number of amides is 1. The summed E-state index contributed by atoms with van der Waals surface area (Å²) in [5, 5.41) is 3.02. The summed E-state index contributed by atoms with van der Waals surface area (Å²) in [6.07, 6.45) is 2.65. The molecule has 0 aromatic heterocycles. The van der Waals surface area contributed by atoms with Gasteiger partial charge in [-0.3, -0.25) is 9.10 Å². The number of carbonyl (C=O) groups is 1. The summed E-state index contributed by atoms with van der Waals surface area (Å²) < 4.78 is 25.5. The number of nitrogens with zero attached hydrogens (tertiary/aromatic N) is 1. The van der Waals surface area contributed by atoms with Gasteiger partial charge in [-0.15, -0.1) is 0 Å². The number of aryl methyl sites for hydroxylation is 2. The van der Waals surface area contributed by atoms with Crippen LogP contribution in [-0.2, 0) is 22.9 Å². The van der Waals surface area contributed by atoms with Gasteiger partial charge in [-0.05, 0) is 61.6 Å². The number of carbonyl (C=O) groups excluding carboxylic acids is 1. The van der Waals surface area contributed by atoms with E-state index in [-0.39, 0.29) is 11.9 Å². The summed E-state index contributed by atoms with van der Waals surface area (Å²) >= 11 is 0. The lowest BCUT2D eigenvalue weighted by Gasteiger charge is -2.22. The zero-order valence-electron chi connectivity index (χ0n) is 15.5. The van der Waals surface area contributed by atoms with Crippen LogP contribution < -0.4 is 9.62 Å². The molecule has 1 aliphatic rings. The molecule has 1 N–H and O–H groups in total. The molecule has 0 aliphatic carbocycles. The van der Waals surface area contributed by atoms with Gasteiger partial charge in [0.25, 0.3) is 5.91 Å². The Morgan fingerprint density at radius 3 is 2.65 bits per heavy atom. The second kappa shape index (κ2) is 6.76. The summed E-state index contributed by atoms with van der Waals surface area (Å²) in [6, 6.07) is 11.1. The van der Waals surface area contributed by atoms with Crippen molar-refractivity contribution in [1.29, 1.82) is 0 Å². The third-order valence-corrected chi connectivity index (χ3v) is 6.10. The van der Waals surface area contributed by atoms with E-state index in [1.54, 1.807) is 18.2 Å². The van der Waals surface area contributed by atoms with Gasteiger partial charge < -0.3 is 5.32 Å². The second-order valence-corrected chi connectivity index (χ2v) is 8.73. The van der Waals surface area contributed by atoms with E-state index in [9.17, 15) is 13.2 Å². The number of hydrogen-bond acceptors (Lipinski definition) is 3. The lowest BCUT2D eigenvalue weighted by molar-refractivity contribution is 0.102. The molecular formula is C20H24N2O3S. The molecule has 1 aliphatic heterocycles. The number of benzene rings is 2. The molecule has 0 bridgehead atoms. The number of anilines is 2. The highest BCUT2D eigenvalue weighted by molar-refractivity contribution is 7.92. The van der Waals surface area contributed by atoms with Crippen molar-refractivity contribution < 1.29 is 13.2 Å². The molecule has 0 radical (unpaired) electrons. The lowest BCUT2D eigenvalue weighted by atomic mass is 10.0. The minimum atomic E-state index is -3.33. The number of fused-ring (bicyclic) bond motifs is 1. The largest absolute Gasteiger partial charge is 0.321 e. The number of para-hydroxylation sites is 1. The number of nitrogens with one attached hydrogen (secondary N) is 1. The molecule has 2 aromatic rings. The van der Waals surface area contributed by atoms with Crippen LogP contribution in [0.2, 0.25) is 0 Å². The Hall–Kier alpha value is -2.34. The van der Waals surface area contributed by atoms with Gasteiger partial charge in [0.05, 0.1) is 11.9 Å². The van der Waals surface area contributed by atoms with Crippen molar-refractivity contribution in [1.82, 2.24) is 0 Å². The molecule has 138 valence electrons. The Balaban J connectivity index is 1.91. The van der Waals surface area contributed by atoms with E-state index in [0.717, 1.165) is 28.8 Å². The van der Waals surface area contributed by atoms with Crippen molar-refractivity contribution in [3.8, 4) is 0 Å². The Morgan fingerprint density at radius 1 is 1.27 bits per heavy atom. The first-order valence-corrected chi connectivity index (χ1v) is 10.6. The van der Waals surface area contributed by atoms with Crippen molar-refractivity contribution in [3.05, 3.63) is 58.7 Å². The van der Waals surface area contributed by atoms with Gasteiger partial charge in [-0.2, -0.15) is 0 Å². The van der Waals surface area contributed by atoms with Crippen LogP contribution in [0.15, 0.2) is 36.4 Å². The molecule has 1 heterocycles. The first kappa shape index (κ1) is 18.5. The van der Waals surface area contributed by atoms with Crippen LogP contribution in [0.5, 0.6) is 0 Å². The molecule has 0 fully saturated rings. The fourth-order valence-corrected chi connectivity index (χ4v) is 4.90. The van der Waals surface area contributed by atoms with Crippen LogP contribution in [0.1, 0.15) is 40.9 Å². The molecule has 1 atom stereocenters. The molecule has 0 saturated heterocycles. The molecule has 0 saturated carbocycles. The van der Waals surface area contributed by atoms with Gasteiger partial charge in [-0.25, -0.2) is 8.42 Å². The van der Waals surface area contributed by atoms with Crippen LogP contribution in [0.25, 0.3) is 0 Å². The summed E-state index contributed by atoms with van der Waals surface area (Å²) in [5.74, 6) is -0.178. The summed E-state index contributed by atoms with van der Waals surface area (Å²) in [7, 11) is -3.33.